The van der Waals surface area contributed by atoms with Crippen molar-refractivity contribution >= 4 is 13.3 Å². The molecule has 0 spiro atoms. The lowest BCUT2D eigenvalue weighted by molar-refractivity contribution is -0.274. The zero-order chi connectivity index (χ0) is 13.3. The van der Waals surface area contributed by atoms with Crippen LogP contribution < -0.4 is 14.7 Å². The molecule has 1 aromatic carbocycles. The van der Waals surface area contributed by atoms with Crippen molar-refractivity contribution < 1.29 is 22.6 Å². The van der Waals surface area contributed by atoms with Crippen molar-refractivity contribution in [3.8, 4) is 11.5 Å². The number of rotatable bonds is 3. The molecule has 0 aromatic heterocycles. The van der Waals surface area contributed by atoms with Crippen molar-refractivity contribution in [2.24, 2.45) is 0 Å². The second-order valence-electron chi connectivity index (χ2n) is 4.63. The molecule has 0 aliphatic rings. The van der Waals surface area contributed by atoms with Crippen LogP contribution in [0.3, 0.4) is 0 Å². The van der Waals surface area contributed by atoms with E-state index >= 15 is 0 Å². The number of methoxy groups -OCH3 is 1. The Kier molecular flexibility index (Phi) is 3.76. The smallest absolute Gasteiger partial charge is 0.497 e. The minimum Gasteiger partial charge on any atom is -0.497 e. The van der Waals surface area contributed by atoms with Gasteiger partial charge in [-0.15, -0.1) is 13.2 Å². The molecule has 0 fully saturated rings. The zero-order valence-corrected chi connectivity index (χ0v) is 11.2. The summed E-state index contributed by atoms with van der Waals surface area (Å²) in [5.74, 6) is 0.293. The van der Waals surface area contributed by atoms with E-state index in [4.69, 9.17) is 4.74 Å². The average molecular weight is 264 g/mol. The molecule has 0 aliphatic heterocycles. The Morgan fingerprint density at radius 2 is 1.59 bits per heavy atom. The van der Waals surface area contributed by atoms with Crippen LogP contribution in [0.2, 0.25) is 19.6 Å². The number of hydrogen-bond acceptors (Lipinski definition) is 2. The Morgan fingerprint density at radius 3 is 2.00 bits per heavy atom. The van der Waals surface area contributed by atoms with Crippen molar-refractivity contribution in [2.75, 3.05) is 7.11 Å². The van der Waals surface area contributed by atoms with Gasteiger partial charge in [-0.25, -0.2) is 0 Å². The second-order valence-corrected chi connectivity index (χ2v) is 9.63. The molecule has 0 saturated heterocycles. The van der Waals surface area contributed by atoms with Gasteiger partial charge in [-0.1, -0.05) is 25.7 Å². The number of halogens is 3. The van der Waals surface area contributed by atoms with E-state index in [2.05, 4.69) is 4.74 Å². The molecule has 0 amide bonds. The first kappa shape index (κ1) is 13.9. The maximum absolute atomic E-state index is 12.3. The van der Waals surface area contributed by atoms with Crippen LogP contribution in [0.15, 0.2) is 18.2 Å². The van der Waals surface area contributed by atoms with Gasteiger partial charge < -0.3 is 9.47 Å². The van der Waals surface area contributed by atoms with Gasteiger partial charge in [-0.05, 0) is 12.1 Å². The van der Waals surface area contributed by atoms with E-state index in [0.717, 1.165) is 0 Å². The largest absolute Gasteiger partial charge is 0.573 e. The third kappa shape index (κ3) is 3.66. The summed E-state index contributed by atoms with van der Waals surface area (Å²) in [6.07, 6.45) is -4.68. The van der Waals surface area contributed by atoms with Gasteiger partial charge in [0.1, 0.15) is 11.5 Å². The number of hydrogen-bond donors (Lipinski definition) is 0. The summed E-state index contributed by atoms with van der Waals surface area (Å²) in [4.78, 5) is 0. The van der Waals surface area contributed by atoms with Crippen LogP contribution in [0.1, 0.15) is 0 Å². The van der Waals surface area contributed by atoms with Crippen LogP contribution in [0.5, 0.6) is 11.5 Å². The van der Waals surface area contributed by atoms with Crippen molar-refractivity contribution in [3.63, 3.8) is 0 Å². The number of ether oxygens (including phenoxy) is 2. The molecule has 17 heavy (non-hydrogen) atoms. The van der Waals surface area contributed by atoms with Gasteiger partial charge in [0.2, 0.25) is 0 Å². The Morgan fingerprint density at radius 1 is 1.06 bits per heavy atom. The first-order valence-electron chi connectivity index (χ1n) is 5.08. The Balaban J connectivity index is 3.30. The second kappa shape index (κ2) is 4.60. The van der Waals surface area contributed by atoms with Crippen molar-refractivity contribution in [1.29, 1.82) is 0 Å². The van der Waals surface area contributed by atoms with E-state index in [1.807, 2.05) is 19.6 Å². The van der Waals surface area contributed by atoms with Crippen molar-refractivity contribution in [2.45, 2.75) is 26.0 Å². The third-order valence-corrected chi connectivity index (χ3v) is 4.18. The van der Waals surface area contributed by atoms with Gasteiger partial charge in [0.05, 0.1) is 15.2 Å². The number of benzene rings is 1. The molecule has 0 unspecified atom stereocenters. The molecule has 0 bridgehead atoms. The van der Waals surface area contributed by atoms with Crippen molar-refractivity contribution in [3.05, 3.63) is 18.2 Å². The van der Waals surface area contributed by atoms with Gasteiger partial charge in [-0.3, -0.25) is 0 Å². The van der Waals surface area contributed by atoms with E-state index < -0.39 is 14.4 Å². The zero-order valence-electron chi connectivity index (χ0n) is 10.2. The lowest BCUT2D eigenvalue weighted by atomic mass is 10.3. The van der Waals surface area contributed by atoms with Crippen molar-refractivity contribution in [1.82, 2.24) is 0 Å². The topological polar surface area (TPSA) is 18.5 Å². The summed E-state index contributed by atoms with van der Waals surface area (Å²) >= 11 is 0. The summed E-state index contributed by atoms with van der Waals surface area (Å²) in [7, 11) is -0.552. The molecular weight excluding hydrogens is 249 g/mol. The van der Waals surface area contributed by atoms with Crippen LogP contribution in [0.25, 0.3) is 0 Å². The van der Waals surface area contributed by atoms with E-state index in [-0.39, 0.29) is 5.75 Å². The molecule has 0 saturated carbocycles. The Hall–Kier alpha value is -1.17. The predicted octanol–water partition coefficient (Wildman–Crippen LogP) is 3.14. The van der Waals surface area contributed by atoms with E-state index in [1.54, 1.807) is 6.07 Å². The molecule has 0 atom stereocenters. The van der Waals surface area contributed by atoms with Crippen LogP contribution in [0, 0.1) is 0 Å². The predicted molar refractivity (Wildman–Crippen MR) is 62.7 cm³/mol. The lowest BCUT2D eigenvalue weighted by Crippen LogP contribution is -2.40. The Bertz CT molecular complexity index is 397. The third-order valence-electron chi connectivity index (χ3n) is 2.18. The molecule has 0 aliphatic carbocycles. The SMILES string of the molecule is COc1cccc(OC(F)(F)F)c1[Si](C)(C)C. The fourth-order valence-corrected chi connectivity index (χ4v) is 3.43. The summed E-state index contributed by atoms with van der Waals surface area (Å²) in [5.41, 5.74) is 0. The molecule has 1 aromatic rings. The first-order valence-corrected chi connectivity index (χ1v) is 8.58. The molecule has 1 rings (SSSR count). The molecule has 2 nitrogen and oxygen atoms in total. The minimum atomic E-state index is -4.68. The van der Waals surface area contributed by atoms with E-state index in [9.17, 15) is 13.2 Å². The highest BCUT2D eigenvalue weighted by Gasteiger charge is 2.35. The molecule has 0 heterocycles. The highest BCUT2D eigenvalue weighted by atomic mass is 28.3. The van der Waals surface area contributed by atoms with Crippen LogP contribution >= 0.6 is 0 Å². The van der Waals surface area contributed by atoms with Crippen LogP contribution in [0.4, 0.5) is 13.2 Å². The number of alkyl halides is 3. The van der Waals surface area contributed by atoms with Crippen LogP contribution in [-0.2, 0) is 0 Å². The Labute approximate surface area is 99.4 Å². The normalized spacial score (nSPS) is 12.4. The molecule has 96 valence electrons. The quantitative estimate of drug-likeness (QED) is 0.781. The minimum absolute atomic E-state index is 0.156. The fraction of sp³-hybridized carbons (Fsp3) is 0.455. The molecule has 0 radical (unpaired) electrons. The van der Waals surface area contributed by atoms with Crippen LogP contribution in [-0.4, -0.2) is 21.5 Å². The van der Waals surface area contributed by atoms with Gasteiger partial charge in [0.25, 0.3) is 0 Å². The summed E-state index contributed by atoms with van der Waals surface area (Å²) in [5, 5.41) is 0.542. The van der Waals surface area contributed by atoms with Gasteiger partial charge in [-0.2, -0.15) is 0 Å². The molecule has 6 heteroatoms. The summed E-state index contributed by atoms with van der Waals surface area (Å²) in [6.45, 7) is 5.82. The summed E-state index contributed by atoms with van der Waals surface area (Å²) in [6, 6.07) is 4.46. The van der Waals surface area contributed by atoms with Gasteiger partial charge in [0.15, 0.2) is 0 Å². The lowest BCUT2D eigenvalue weighted by Gasteiger charge is -2.24. The summed E-state index contributed by atoms with van der Waals surface area (Å²) < 4.78 is 46.1. The standard InChI is InChI=1S/C11H15F3O2Si/c1-15-8-6-5-7-9(16-11(12,13)14)10(8)17(2,3)4/h5-7H,1-4H3. The van der Waals surface area contributed by atoms with Gasteiger partial charge >= 0.3 is 6.36 Å². The molecule has 0 N–H and O–H groups in total. The fourth-order valence-electron chi connectivity index (χ4n) is 1.63. The monoisotopic (exact) mass is 264 g/mol. The van der Waals surface area contributed by atoms with Gasteiger partial charge in [0, 0.05) is 5.19 Å². The first-order chi connectivity index (χ1) is 7.65. The van der Waals surface area contributed by atoms with E-state index in [1.165, 1.54) is 19.2 Å². The van der Waals surface area contributed by atoms with E-state index in [0.29, 0.717) is 10.9 Å². The highest BCUT2D eigenvalue weighted by molar-refractivity contribution is 6.90. The molecular formula is C11H15F3O2Si. The average Bonchev–Trinajstić information content (AvgIpc) is 2.12. The maximum atomic E-state index is 12.3. The highest BCUT2D eigenvalue weighted by Crippen LogP contribution is 2.27. The maximum Gasteiger partial charge on any atom is 0.573 e.